The summed E-state index contributed by atoms with van der Waals surface area (Å²) in [5.41, 5.74) is 1.39. The molecule has 2 heterocycles. The molecule has 2 aromatic rings. The van der Waals surface area contributed by atoms with Gasteiger partial charge in [-0.1, -0.05) is 6.07 Å². The minimum Gasteiger partial charge on any atom is -0.313 e. The molecule has 0 aliphatic rings. The molecule has 2 aromatic heterocycles. The Morgan fingerprint density at radius 2 is 2.29 bits per heavy atom. The summed E-state index contributed by atoms with van der Waals surface area (Å²) in [4.78, 5) is 1.49. The zero-order valence-electron chi connectivity index (χ0n) is 9.78. The van der Waals surface area contributed by atoms with Gasteiger partial charge in [-0.15, -0.1) is 11.3 Å². The molecule has 0 amide bonds. The summed E-state index contributed by atoms with van der Waals surface area (Å²) < 4.78 is 1.23. The highest BCUT2D eigenvalue weighted by Crippen LogP contribution is 2.30. The molecule has 1 atom stereocenters. The Bertz CT molecular complexity index is 436. The van der Waals surface area contributed by atoms with E-state index in [1.807, 2.05) is 18.4 Å². The molecule has 4 heteroatoms. The van der Waals surface area contributed by atoms with Crippen molar-refractivity contribution >= 4 is 38.6 Å². The highest BCUT2D eigenvalue weighted by molar-refractivity contribution is 9.10. The number of halogens is 1. The molecule has 0 spiro atoms. The van der Waals surface area contributed by atoms with E-state index in [1.54, 1.807) is 11.3 Å². The topological polar surface area (TPSA) is 12.0 Å². The summed E-state index contributed by atoms with van der Waals surface area (Å²) in [7, 11) is 2.04. The molecule has 0 aliphatic heterocycles. The van der Waals surface area contributed by atoms with Crippen LogP contribution < -0.4 is 5.32 Å². The van der Waals surface area contributed by atoms with Gasteiger partial charge < -0.3 is 5.32 Å². The second-order valence-electron chi connectivity index (χ2n) is 3.99. The molecule has 0 aliphatic carbocycles. The quantitative estimate of drug-likeness (QED) is 0.798. The summed E-state index contributed by atoms with van der Waals surface area (Å²) >= 11 is 7.22. The van der Waals surface area contributed by atoms with E-state index in [4.69, 9.17) is 0 Å². The van der Waals surface area contributed by atoms with Gasteiger partial charge in [-0.05, 0) is 64.6 Å². The van der Waals surface area contributed by atoms with Gasteiger partial charge in [0.25, 0.3) is 0 Å². The Morgan fingerprint density at radius 1 is 1.41 bits per heavy atom. The van der Waals surface area contributed by atoms with Crippen molar-refractivity contribution in [3.63, 3.8) is 0 Å². The van der Waals surface area contributed by atoms with Gasteiger partial charge >= 0.3 is 0 Å². The highest BCUT2D eigenvalue weighted by atomic mass is 79.9. The fourth-order valence-corrected chi connectivity index (χ4v) is 4.31. The lowest BCUT2D eigenvalue weighted by molar-refractivity contribution is 0.528. The summed E-state index contributed by atoms with van der Waals surface area (Å²) in [6.07, 6.45) is 3.61. The summed E-state index contributed by atoms with van der Waals surface area (Å²) in [6.45, 7) is 0. The average molecular weight is 330 g/mol. The lowest BCUT2D eigenvalue weighted by atomic mass is 10.0. The monoisotopic (exact) mass is 329 g/mol. The summed E-state index contributed by atoms with van der Waals surface area (Å²) in [6, 6.07) is 4.82. The Balaban J connectivity index is 1.86. The molecule has 1 nitrogen and oxygen atoms in total. The second-order valence-corrected chi connectivity index (χ2v) is 6.62. The molecular formula is C13H16BrNS2. The molecule has 2 rings (SSSR count). The number of rotatable bonds is 6. The normalized spacial score (nSPS) is 12.8. The van der Waals surface area contributed by atoms with E-state index in [1.165, 1.54) is 34.2 Å². The lowest BCUT2D eigenvalue weighted by Crippen LogP contribution is -2.16. The van der Waals surface area contributed by atoms with E-state index in [0.717, 1.165) is 0 Å². The molecule has 0 saturated heterocycles. The SMILES string of the molecule is CNC(CCCc1cccs1)c1cscc1Br. The van der Waals surface area contributed by atoms with Gasteiger partial charge in [0, 0.05) is 20.8 Å². The van der Waals surface area contributed by atoms with Crippen LogP contribution in [0.4, 0.5) is 0 Å². The number of hydrogen-bond acceptors (Lipinski definition) is 3. The third-order valence-electron chi connectivity index (χ3n) is 2.86. The van der Waals surface area contributed by atoms with Crippen LogP contribution in [0.1, 0.15) is 29.3 Å². The maximum atomic E-state index is 3.61. The summed E-state index contributed by atoms with van der Waals surface area (Å²) in [5, 5.41) is 9.94. The molecule has 1 N–H and O–H groups in total. The van der Waals surface area contributed by atoms with Gasteiger partial charge in [0.2, 0.25) is 0 Å². The molecular weight excluding hydrogens is 314 g/mol. The maximum absolute atomic E-state index is 3.61. The highest BCUT2D eigenvalue weighted by Gasteiger charge is 2.12. The van der Waals surface area contributed by atoms with E-state index in [2.05, 4.69) is 49.5 Å². The van der Waals surface area contributed by atoms with Gasteiger partial charge in [-0.3, -0.25) is 0 Å². The van der Waals surface area contributed by atoms with Crippen LogP contribution in [0.3, 0.4) is 0 Å². The average Bonchev–Trinajstić information content (AvgIpc) is 2.96. The zero-order valence-corrected chi connectivity index (χ0v) is 13.0. The van der Waals surface area contributed by atoms with E-state index in [-0.39, 0.29) is 0 Å². The smallest absolute Gasteiger partial charge is 0.0337 e. The van der Waals surface area contributed by atoms with Crippen LogP contribution in [-0.4, -0.2) is 7.05 Å². The summed E-state index contributed by atoms with van der Waals surface area (Å²) in [5.74, 6) is 0. The van der Waals surface area contributed by atoms with Crippen molar-refractivity contribution in [1.82, 2.24) is 5.32 Å². The van der Waals surface area contributed by atoms with Gasteiger partial charge in [0.05, 0.1) is 0 Å². The van der Waals surface area contributed by atoms with E-state index in [9.17, 15) is 0 Å². The minimum absolute atomic E-state index is 0.468. The predicted molar refractivity (Wildman–Crippen MR) is 81.1 cm³/mol. The van der Waals surface area contributed by atoms with Gasteiger partial charge in [-0.2, -0.15) is 11.3 Å². The fourth-order valence-electron chi connectivity index (χ4n) is 1.93. The Hall–Kier alpha value is -0.160. The second kappa shape index (κ2) is 6.69. The van der Waals surface area contributed by atoms with Gasteiger partial charge in [0.15, 0.2) is 0 Å². The molecule has 0 bridgehead atoms. The van der Waals surface area contributed by atoms with Crippen LogP contribution in [0.2, 0.25) is 0 Å². The van der Waals surface area contributed by atoms with Crippen molar-refractivity contribution in [2.75, 3.05) is 7.05 Å². The van der Waals surface area contributed by atoms with Crippen LogP contribution in [-0.2, 0) is 6.42 Å². The third-order valence-corrected chi connectivity index (χ3v) is 5.55. The van der Waals surface area contributed by atoms with Crippen molar-refractivity contribution in [2.45, 2.75) is 25.3 Å². The molecule has 0 radical (unpaired) electrons. The molecule has 0 saturated carbocycles. The number of aryl methyl sites for hydroxylation is 1. The van der Waals surface area contributed by atoms with Gasteiger partial charge in [0.1, 0.15) is 0 Å². The van der Waals surface area contributed by atoms with Crippen LogP contribution in [0.5, 0.6) is 0 Å². The Kier molecular flexibility index (Phi) is 5.22. The van der Waals surface area contributed by atoms with Crippen molar-refractivity contribution in [1.29, 1.82) is 0 Å². The maximum Gasteiger partial charge on any atom is 0.0337 e. The molecule has 0 fully saturated rings. The fraction of sp³-hybridized carbons (Fsp3) is 0.385. The van der Waals surface area contributed by atoms with Crippen LogP contribution >= 0.6 is 38.6 Å². The standard InChI is InChI=1S/C13H16BrNS2/c1-15-13(11-8-16-9-12(11)14)6-2-4-10-5-3-7-17-10/h3,5,7-9,13,15H,2,4,6H2,1H3. The van der Waals surface area contributed by atoms with Gasteiger partial charge in [-0.25, -0.2) is 0 Å². The first-order valence-electron chi connectivity index (χ1n) is 5.72. The van der Waals surface area contributed by atoms with Crippen LogP contribution in [0, 0.1) is 0 Å². The zero-order chi connectivity index (χ0) is 12.1. The number of nitrogens with one attached hydrogen (secondary N) is 1. The van der Waals surface area contributed by atoms with Crippen molar-refractivity contribution in [2.24, 2.45) is 0 Å². The van der Waals surface area contributed by atoms with Crippen molar-refractivity contribution in [3.8, 4) is 0 Å². The largest absolute Gasteiger partial charge is 0.313 e. The Morgan fingerprint density at radius 3 is 2.88 bits per heavy atom. The first-order chi connectivity index (χ1) is 8.31. The number of hydrogen-bond donors (Lipinski definition) is 1. The first kappa shape index (κ1) is 13.3. The predicted octanol–water partition coefficient (Wildman–Crippen LogP) is 4.86. The van der Waals surface area contributed by atoms with E-state index in [0.29, 0.717) is 6.04 Å². The van der Waals surface area contributed by atoms with E-state index >= 15 is 0 Å². The van der Waals surface area contributed by atoms with Crippen molar-refractivity contribution < 1.29 is 0 Å². The molecule has 0 aromatic carbocycles. The van der Waals surface area contributed by atoms with Crippen LogP contribution in [0.25, 0.3) is 0 Å². The third kappa shape index (κ3) is 3.65. The Labute approximate surface area is 119 Å². The number of thiophene rings is 2. The molecule has 17 heavy (non-hydrogen) atoms. The molecule has 1 unspecified atom stereocenters. The van der Waals surface area contributed by atoms with Crippen LogP contribution in [0.15, 0.2) is 32.7 Å². The molecule has 92 valence electrons. The minimum atomic E-state index is 0.468. The first-order valence-corrected chi connectivity index (χ1v) is 8.34. The van der Waals surface area contributed by atoms with E-state index < -0.39 is 0 Å². The van der Waals surface area contributed by atoms with Crippen molar-refractivity contribution in [3.05, 3.63) is 43.2 Å². The lowest BCUT2D eigenvalue weighted by Gasteiger charge is -2.15.